The molecule has 108 heavy (non-hydrogen) atoms. The molecule has 0 aliphatic carbocycles. The maximum atomic E-state index is 13.6. The zero-order valence-electron chi connectivity index (χ0n) is 61.3. The SMILES string of the molecule is CN(C)CNC(=O)CCNC(=O)c1cc(NC(=O)c2cc(NC(=O)c3nc(NC(=O)CCNC(=O)c4cc(NC(=O)c5cc(NC(=O)c6cc(NC(=O)c7nc(NC(=O)CCNC(=O)CCCC[P+](c8ccccc8)(c8ccccc8)c8ccccc8)cn7C)cn6C)cn5C)cn4C)cn3C)cn2C)cn1C. The smallest absolute Gasteiger partial charge is 0.291 e. The molecule has 33 heteroatoms. The van der Waals surface area contributed by atoms with Crippen LogP contribution in [0.2, 0.25) is 0 Å². The molecule has 0 fully saturated rings. The van der Waals surface area contributed by atoms with Crippen LogP contribution < -0.4 is 74.4 Å². The van der Waals surface area contributed by atoms with E-state index < -0.39 is 60.4 Å². The van der Waals surface area contributed by atoms with Gasteiger partial charge >= 0.3 is 0 Å². The molecule has 0 aliphatic rings. The number of imidazole rings is 2. The Bertz CT molecular complexity index is 4890. The van der Waals surface area contributed by atoms with Crippen molar-refractivity contribution in [1.29, 1.82) is 0 Å². The summed E-state index contributed by atoms with van der Waals surface area (Å²) in [6.07, 6.45) is 13.2. The van der Waals surface area contributed by atoms with Gasteiger partial charge in [0.1, 0.15) is 51.6 Å². The molecule has 10 aromatic rings. The number of carbonyl (C=O) groups is 11. The Balaban J connectivity index is 0.626. The fraction of sp³-hybridized carbons (Fsp3) is 0.267. The van der Waals surface area contributed by atoms with Crippen molar-refractivity contribution in [2.24, 2.45) is 49.3 Å². The maximum Gasteiger partial charge on any atom is 0.291 e. The van der Waals surface area contributed by atoms with Crippen molar-refractivity contribution in [3.05, 3.63) is 205 Å². The summed E-state index contributed by atoms with van der Waals surface area (Å²) in [5, 5.41) is 33.9. The highest BCUT2D eigenvalue weighted by Gasteiger charge is 2.44. The topological polar surface area (TPSA) is 384 Å². The van der Waals surface area contributed by atoms with Crippen LogP contribution in [0.5, 0.6) is 0 Å². The van der Waals surface area contributed by atoms with Crippen LogP contribution in [0, 0.1) is 0 Å². The van der Waals surface area contributed by atoms with Crippen LogP contribution in [0.3, 0.4) is 0 Å². The summed E-state index contributed by atoms with van der Waals surface area (Å²) >= 11 is 0. The van der Waals surface area contributed by atoms with Crippen LogP contribution in [-0.2, 0) is 68.5 Å². The van der Waals surface area contributed by atoms with E-state index in [1.807, 2.05) is 32.3 Å². The summed E-state index contributed by atoms with van der Waals surface area (Å²) in [5.41, 5.74) is 2.34. The quantitative estimate of drug-likeness (QED) is 0.0143. The van der Waals surface area contributed by atoms with E-state index in [2.05, 4.69) is 141 Å². The van der Waals surface area contributed by atoms with Gasteiger partial charge in [-0.2, -0.15) is 0 Å². The van der Waals surface area contributed by atoms with Gasteiger partial charge in [0.2, 0.25) is 35.3 Å². The monoisotopic (exact) mass is 1490 g/mol. The van der Waals surface area contributed by atoms with Crippen LogP contribution in [0.15, 0.2) is 165 Å². The summed E-state index contributed by atoms with van der Waals surface area (Å²) in [5.74, 6) is -5.09. The van der Waals surface area contributed by atoms with Crippen LogP contribution in [0.25, 0.3) is 0 Å². The molecule has 0 atom stereocenters. The molecule has 0 radical (unpaired) electrons. The van der Waals surface area contributed by atoms with Gasteiger partial charge in [-0.15, -0.1) is 0 Å². The molecule has 10 rings (SSSR count). The average molecular weight is 1490 g/mol. The second-order valence-electron chi connectivity index (χ2n) is 26.1. The van der Waals surface area contributed by atoms with E-state index in [0.29, 0.717) is 25.2 Å². The predicted octanol–water partition coefficient (Wildman–Crippen LogP) is 5.23. The molecule has 562 valence electrons. The van der Waals surface area contributed by atoms with Gasteiger partial charge < -0.3 is 90.5 Å². The van der Waals surface area contributed by atoms with E-state index in [9.17, 15) is 52.7 Å². The van der Waals surface area contributed by atoms with Crippen LogP contribution >= 0.6 is 7.26 Å². The Labute approximate surface area is 622 Å². The van der Waals surface area contributed by atoms with E-state index in [-0.39, 0.29) is 125 Å². The first-order valence-electron chi connectivity index (χ1n) is 34.6. The molecule has 0 unspecified atom stereocenters. The second-order valence-corrected chi connectivity index (χ2v) is 29.7. The molecule has 7 heterocycles. The minimum Gasteiger partial charge on any atom is -0.356 e. The minimum atomic E-state index is -2.02. The number of hydrogen-bond acceptors (Lipinski definition) is 14. The molecule has 7 aromatic heterocycles. The zero-order chi connectivity index (χ0) is 77.3. The van der Waals surface area contributed by atoms with Crippen molar-refractivity contribution in [2.45, 2.75) is 38.5 Å². The van der Waals surface area contributed by atoms with Gasteiger partial charge in [0.05, 0.1) is 41.3 Å². The molecule has 11 N–H and O–H groups in total. The summed E-state index contributed by atoms with van der Waals surface area (Å²) in [4.78, 5) is 155. The molecule has 0 spiro atoms. The van der Waals surface area contributed by atoms with Gasteiger partial charge in [-0.3, -0.25) is 57.6 Å². The highest BCUT2D eigenvalue weighted by Crippen LogP contribution is 2.56. The lowest BCUT2D eigenvalue weighted by Crippen LogP contribution is -2.35. The van der Waals surface area contributed by atoms with E-state index in [0.717, 1.165) is 12.6 Å². The van der Waals surface area contributed by atoms with Gasteiger partial charge in [0.15, 0.2) is 11.6 Å². The molecule has 3 aromatic carbocycles. The zero-order valence-corrected chi connectivity index (χ0v) is 62.2. The molecular formula is C75H87N21O11P+. The molecular weight excluding hydrogens is 1400 g/mol. The number of nitrogens with one attached hydrogen (secondary N) is 11. The van der Waals surface area contributed by atoms with Crippen molar-refractivity contribution in [3.8, 4) is 0 Å². The maximum absolute atomic E-state index is 13.6. The molecule has 32 nitrogen and oxygen atoms in total. The van der Waals surface area contributed by atoms with Crippen molar-refractivity contribution in [2.75, 3.05) is 83.8 Å². The number of aryl methyl sites for hydroxylation is 7. The summed E-state index contributed by atoms with van der Waals surface area (Å²) in [7, 11) is 12.8. The number of aromatic nitrogens is 9. The van der Waals surface area contributed by atoms with Crippen molar-refractivity contribution >= 4 is 128 Å². The number of amides is 11. The summed E-state index contributed by atoms with van der Waals surface area (Å²) in [6, 6.07) is 39.1. The van der Waals surface area contributed by atoms with Gasteiger partial charge in [0.25, 0.3) is 41.4 Å². The third-order valence-corrected chi connectivity index (χ3v) is 22.0. The standard InChI is InChI=1S/C75H86N21O11P/c1-89(2)47-79-64(98)28-32-77-69(101)56-35-48(40-90(56)3)81-72(104)59-38-51(43-93(59)6)83-75(107)68-88-62(46-96(68)9)86-66(100)30-33-78-70(102)57-36-49(41-91(57)4)80-71(103)58-37-50(42-92(58)5)82-73(105)60-39-52(44-94(60)7)84-74(106)67-87-61(45-95(67)8)85-65(99)29-31-76-63(97)27-19-20-34-108(53-21-13-10-14-22-53,54-23-15-11-16-24-54)55-25-17-12-18-26-55/h10-18,21-26,35-46H,19-20,27-34,47H2,1-9H3,(H10-,76,77,78,79,80,81,82,83,84,85,86,97,98,99,100,101,102,103,104,105,106,107)/p+1. The van der Waals surface area contributed by atoms with Gasteiger partial charge in [0, 0.05) is 138 Å². The third kappa shape index (κ3) is 19.7. The number of unbranched alkanes of at least 4 members (excludes halogenated alkanes) is 1. The third-order valence-electron chi connectivity index (χ3n) is 17.5. The number of nitrogens with zero attached hydrogens (tertiary/aromatic N) is 10. The van der Waals surface area contributed by atoms with E-state index >= 15 is 0 Å². The van der Waals surface area contributed by atoms with E-state index in [1.54, 1.807) is 60.4 Å². The number of anilines is 7. The van der Waals surface area contributed by atoms with E-state index in [1.165, 1.54) is 115 Å². The van der Waals surface area contributed by atoms with E-state index in [4.69, 9.17) is 0 Å². The molecule has 11 amide bonds. The molecule has 0 saturated carbocycles. The largest absolute Gasteiger partial charge is 0.356 e. The fourth-order valence-corrected chi connectivity index (χ4v) is 16.6. The first-order valence-corrected chi connectivity index (χ1v) is 36.5. The highest BCUT2D eigenvalue weighted by molar-refractivity contribution is 7.95. The fourth-order valence-electron chi connectivity index (χ4n) is 12.2. The first-order chi connectivity index (χ1) is 51.7. The normalized spacial score (nSPS) is 11.2. The van der Waals surface area contributed by atoms with Crippen LogP contribution in [-0.4, -0.2) is 158 Å². The molecule has 0 bridgehead atoms. The minimum absolute atomic E-state index is 0.0249. The van der Waals surface area contributed by atoms with Crippen molar-refractivity contribution in [3.63, 3.8) is 0 Å². The number of carbonyl (C=O) groups excluding carboxylic acids is 11. The van der Waals surface area contributed by atoms with Gasteiger partial charge in [-0.05, 0) is 93.7 Å². The summed E-state index contributed by atoms with van der Waals surface area (Å²) in [6.45, 7) is 0.496. The summed E-state index contributed by atoms with van der Waals surface area (Å²) < 4.78 is 10.4. The number of rotatable bonds is 33. The Morgan fingerprint density at radius 2 is 0.639 bits per heavy atom. The Morgan fingerprint density at radius 1 is 0.333 bits per heavy atom. The Hall–Kier alpha value is -13.0. The van der Waals surface area contributed by atoms with Crippen molar-refractivity contribution < 1.29 is 52.7 Å². The molecule has 0 saturated heterocycles. The Kier molecular flexibility index (Phi) is 25.3. The molecule has 0 aliphatic heterocycles. The van der Waals surface area contributed by atoms with Gasteiger partial charge in [-0.1, -0.05) is 54.6 Å². The lowest BCUT2D eigenvalue weighted by Gasteiger charge is -2.27. The average Bonchev–Trinajstić information content (AvgIpc) is 1.39. The van der Waals surface area contributed by atoms with Crippen LogP contribution in [0.1, 0.15) is 112 Å². The Morgan fingerprint density at radius 3 is 0.981 bits per heavy atom. The number of benzene rings is 3. The lowest BCUT2D eigenvalue weighted by atomic mass is 10.2. The number of hydrogen-bond donors (Lipinski definition) is 11. The predicted molar refractivity (Wildman–Crippen MR) is 413 cm³/mol. The lowest BCUT2D eigenvalue weighted by molar-refractivity contribution is -0.122. The first kappa shape index (κ1) is 77.6. The highest BCUT2D eigenvalue weighted by atomic mass is 31.2. The van der Waals surface area contributed by atoms with Crippen molar-refractivity contribution in [1.82, 2.24) is 68.1 Å². The van der Waals surface area contributed by atoms with Gasteiger partial charge in [-0.25, -0.2) is 9.97 Å². The second kappa shape index (κ2) is 35.2. The van der Waals surface area contributed by atoms with Crippen LogP contribution in [0.4, 0.5) is 40.1 Å².